The van der Waals surface area contributed by atoms with Crippen molar-refractivity contribution in [3.8, 4) is 0 Å². The molecule has 0 bridgehead atoms. The first-order valence-electron chi connectivity index (χ1n) is 8.53. The van der Waals surface area contributed by atoms with Crippen molar-refractivity contribution < 1.29 is 13.2 Å². The van der Waals surface area contributed by atoms with Crippen LogP contribution in [0.1, 0.15) is 32.6 Å². The van der Waals surface area contributed by atoms with E-state index in [9.17, 15) is 13.2 Å². The fourth-order valence-electron chi connectivity index (χ4n) is 3.29. The van der Waals surface area contributed by atoms with Crippen molar-refractivity contribution in [3.05, 3.63) is 0 Å². The standard InChI is InChI=1S/C15H30N4O3S/c1-4-23(21,22)19-10-7-13(8-11-19)16-15(20)18-9-5-6-14(12-18)17(2)3/h13-14H,4-12H2,1-3H3,(H,16,20)/t14-/m0/s1. The molecule has 2 amide bonds. The largest absolute Gasteiger partial charge is 0.335 e. The number of nitrogens with one attached hydrogen (secondary N) is 1. The maximum atomic E-state index is 12.4. The summed E-state index contributed by atoms with van der Waals surface area (Å²) in [4.78, 5) is 16.5. The highest BCUT2D eigenvalue weighted by Gasteiger charge is 2.30. The van der Waals surface area contributed by atoms with Gasteiger partial charge in [-0.15, -0.1) is 0 Å². The number of urea groups is 1. The van der Waals surface area contributed by atoms with Crippen molar-refractivity contribution in [2.75, 3.05) is 46.0 Å². The van der Waals surface area contributed by atoms with Gasteiger partial charge in [0.15, 0.2) is 0 Å². The van der Waals surface area contributed by atoms with Crippen LogP contribution in [0.15, 0.2) is 0 Å². The van der Waals surface area contributed by atoms with Gasteiger partial charge < -0.3 is 15.1 Å². The highest BCUT2D eigenvalue weighted by Crippen LogP contribution is 2.17. The van der Waals surface area contributed by atoms with Crippen LogP contribution in [0, 0.1) is 0 Å². The first-order valence-corrected chi connectivity index (χ1v) is 10.1. The van der Waals surface area contributed by atoms with Crippen molar-refractivity contribution in [2.24, 2.45) is 0 Å². The Bertz CT molecular complexity index is 501. The number of amides is 2. The summed E-state index contributed by atoms with van der Waals surface area (Å²) in [5, 5.41) is 3.09. The second-order valence-corrected chi connectivity index (χ2v) is 8.99. The molecule has 1 atom stereocenters. The normalized spacial score (nSPS) is 24.9. The summed E-state index contributed by atoms with van der Waals surface area (Å²) in [6.45, 7) is 4.24. The molecule has 0 aliphatic carbocycles. The van der Waals surface area contributed by atoms with E-state index < -0.39 is 10.0 Å². The van der Waals surface area contributed by atoms with Crippen molar-refractivity contribution >= 4 is 16.1 Å². The Labute approximate surface area is 140 Å². The molecule has 0 aromatic heterocycles. The van der Waals surface area contributed by atoms with E-state index in [0.717, 1.165) is 25.9 Å². The summed E-state index contributed by atoms with van der Waals surface area (Å²) in [5.74, 6) is 0.143. The Balaban J connectivity index is 1.81. The number of carbonyl (C=O) groups is 1. The minimum atomic E-state index is -3.11. The molecule has 0 unspecified atom stereocenters. The van der Waals surface area contributed by atoms with Crippen LogP contribution in [0.5, 0.6) is 0 Å². The van der Waals surface area contributed by atoms with Crippen LogP contribution in [-0.2, 0) is 10.0 Å². The number of likely N-dealkylation sites (N-methyl/N-ethyl adjacent to an activating group) is 1. The molecule has 2 rings (SSSR count). The third-order valence-corrected chi connectivity index (χ3v) is 6.84. The van der Waals surface area contributed by atoms with E-state index in [4.69, 9.17) is 0 Å². The fourth-order valence-corrected chi connectivity index (χ4v) is 4.42. The van der Waals surface area contributed by atoms with Crippen LogP contribution < -0.4 is 5.32 Å². The molecule has 0 aromatic rings. The molecule has 0 saturated carbocycles. The SMILES string of the molecule is CCS(=O)(=O)N1CCC(NC(=O)N2CCC[C@H](N(C)C)C2)CC1. The average molecular weight is 346 g/mol. The lowest BCUT2D eigenvalue weighted by Crippen LogP contribution is -2.54. The lowest BCUT2D eigenvalue weighted by atomic mass is 10.0. The zero-order chi connectivity index (χ0) is 17.0. The molecular weight excluding hydrogens is 316 g/mol. The topological polar surface area (TPSA) is 73.0 Å². The van der Waals surface area contributed by atoms with Gasteiger partial charge >= 0.3 is 6.03 Å². The van der Waals surface area contributed by atoms with E-state index in [-0.39, 0.29) is 17.8 Å². The fraction of sp³-hybridized carbons (Fsp3) is 0.933. The molecule has 2 aliphatic rings. The Kier molecular flexibility index (Phi) is 6.27. The second kappa shape index (κ2) is 7.81. The molecular formula is C15H30N4O3S. The van der Waals surface area contributed by atoms with Gasteiger partial charge in [0, 0.05) is 38.3 Å². The van der Waals surface area contributed by atoms with E-state index in [1.54, 1.807) is 11.2 Å². The zero-order valence-corrected chi connectivity index (χ0v) is 15.3. The third-order valence-electron chi connectivity index (χ3n) is 4.95. The lowest BCUT2D eigenvalue weighted by molar-refractivity contribution is 0.135. The first-order chi connectivity index (χ1) is 10.8. The van der Waals surface area contributed by atoms with Gasteiger partial charge in [-0.25, -0.2) is 17.5 Å². The average Bonchev–Trinajstić information content (AvgIpc) is 2.55. The summed E-state index contributed by atoms with van der Waals surface area (Å²) in [6.07, 6.45) is 3.54. The number of sulfonamides is 1. The molecule has 2 fully saturated rings. The van der Waals surface area contributed by atoms with Crippen LogP contribution >= 0.6 is 0 Å². The molecule has 1 N–H and O–H groups in total. The van der Waals surface area contributed by atoms with E-state index in [0.29, 0.717) is 32.0 Å². The van der Waals surface area contributed by atoms with Crippen molar-refractivity contribution in [1.29, 1.82) is 0 Å². The smallest absolute Gasteiger partial charge is 0.317 e. The molecule has 8 heteroatoms. The van der Waals surface area contributed by atoms with Crippen LogP contribution in [0.4, 0.5) is 4.79 Å². The summed E-state index contributed by atoms with van der Waals surface area (Å²) in [6, 6.07) is 0.491. The predicted molar refractivity (Wildman–Crippen MR) is 90.9 cm³/mol. The molecule has 2 saturated heterocycles. The van der Waals surface area contributed by atoms with Crippen molar-refractivity contribution in [3.63, 3.8) is 0 Å². The number of carbonyl (C=O) groups excluding carboxylic acids is 1. The maximum absolute atomic E-state index is 12.4. The summed E-state index contributed by atoms with van der Waals surface area (Å²) in [5.41, 5.74) is 0. The number of piperidine rings is 2. The molecule has 134 valence electrons. The van der Waals surface area contributed by atoms with Gasteiger partial charge in [-0.05, 0) is 46.7 Å². The monoisotopic (exact) mass is 346 g/mol. The Morgan fingerprint density at radius 2 is 1.83 bits per heavy atom. The summed E-state index contributed by atoms with van der Waals surface area (Å²) >= 11 is 0. The highest BCUT2D eigenvalue weighted by atomic mass is 32.2. The van der Waals surface area contributed by atoms with Crippen LogP contribution in [0.3, 0.4) is 0 Å². The number of nitrogens with zero attached hydrogens (tertiary/aromatic N) is 3. The van der Waals surface area contributed by atoms with E-state index in [1.165, 1.54) is 0 Å². The van der Waals surface area contributed by atoms with Gasteiger partial charge in [0.1, 0.15) is 0 Å². The molecule has 0 spiro atoms. The number of hydrogen-bond acceptors (Lipinski definition) is 4. The van der Waals surface area contributed by atoms with E-state index in [2.05, 4.69) is 24.3 Å². The molecule has 23 heavy (non-hydrogen) atoms. The molecule has 2 heterocycles. The number of likely N-dealkylation sites (tertiary alicyclic amines) is 1. The quantitative estimate of drug-likeness (QED) is 0.806. The van der Waals surface area contributed by atoms with Gasteiger partial charge in [-0.2, -0.15) is 0 Å². The highest BCUT2D eigenvalue weighted by molar-refractivity contribution is 7.89. The summed E-state index contributed by atoms with van der Waals surface area (Å²) in [7, 11) is 0.997. The number of rotatable bonds is 4. The van der Waals surface area contributed by atoms with Gasteiger partial charge in [-0.1, -0.05) is 0 Å². The Morgan fingerprint density at radius 1 is 1.17 bits per heavy atom. The molecule has 0 aromatic carbocycles. The number of hydrogen-bond donors (Lipinski definition) is 1. The molecule has 2 aliphatic heterocycles. The minimum absolute atomic E-state index is 0.00616. The van der Waals surface area contributed by atoms with Crippen LogP contribution in [-0.4, -0.2) is 86.7 Å². The Hall–Kier alpha value is -0.860. The first kappa shape index (κ1) is 18.5. The van der Waals surface area contributed by atoms with Crippen LogP contribution in [0.2, 0.25) is 0 Å². The van der Waals surface area contributed by atoms with Crippen molar-refractivity contribution in [1.82, 2.24) is 19.4 Å². The molecule has 7 nitrogen and oxygen atoms in total. The molecule has 0 radical (unpaired) electrons. The lowest BCUT2D eigenvalue weighted by Gasteiger charge is -2.38. The van der Waals surface area contributed by atoms with Gasteiger partial charge in [0.05, 0.1) is 5.75 Å². The summed E-state index contributed by atoms with van der Waals surface area (Å²) < 4.78 is 25.3. The van der Waals surface area contributed by atoms with E-state index >= 15 is 0 Å². The van der Waals surface area contributed by atoms with Crippen molar-refractivity contribution in [2.45, 2.75) is 44.7 Å². The second-order valence-electron chi connectivity index (χ2n) is 6.73. The third kappa shape index (κ3) is 4.81. The van der Waals surface area contributed by atoms with E-state index in [1.807, 2.05) is 4.90 Å². The van der Waals surface area contributed by atoms with Gasteiger partial charge in [0.2, 0.25) is 10.0 Å². The zero-order valence-electron chi connectivity index (χ0n) is 14.5. The van der Waals surface area contributed by atoms with Gasteiger partial charge in [0.25, 0.3) is 0 Å². The van der Waals surface area contributed by atoms with Gasteiger partial charge in [-0.3, -0.25) is 0 Å². The van der Waals surface area contributed by atoms with Crippen LogP contribution in [0.25, 0.3) is 0 Å². The predicted octanol–water partition coefficient (Wildman–Crippen LogP) is 0.536. The minimum Gasteiger partial charge on any atom is -0.335 e. The maximum Gasteiger partial charge on any atom is 0.317 e. The Morgan fingerprint density at radius 3 is 2.39 bits per heavy atom.